The predicted octanol–water partition coefficient (Wildman–Crippen LogP) is 3.58. The molecule has 1 heterocycles. The molecule has 0 aliphatic carbocycles. The number of aromatic amines is 1. The van der Waals surface area contributed by atoms with Crippen molar-refractivity contribution in [3.05, 3.63) is 30.3 Å². The van der Waals surface area contributed by atoms with Crippen LogP contribution in [0.5, 0.6) is 0 Å². The van der Waals surface area contributed by atoms with Crippen molar-refractivity contribution in [3.8, 4) is 0 Å². The van der Waals surface area contributed by atoms with E-state index >= 15 is 0 Å². The molecule has 74 valence electrons. The summed E-state index contributed by atoms with van der Waals surface area (Å²) < 4.78 is 0. The highest BCUT2D eigenvalue weighted by Crippen LogP contribution is 2.23. The molecule has 0 bridgehead atoms. The number of benzene rings is 1. The van der Waals surface area contributed by atoms with Gasteiger partial charge in [-0.15, -0.1) is 11.8 Å². The largest absolute Gasteiger partial charge is 0.350 e. The highest BCUT2D eigenvalue weighted by Gasteiger charge is 1.99. The maximum Gasteiger partial charge on any atom is 0.0732 e. The summed E-state index contributed by atoms with van der Waals surface area (Å²) in [6.45, 7) is 0. The Bertz CT molecular complexity index is 375. The van der Waals surface area contributed by atoms with Crippen LogP contribution in [0.4, 0.5) is 0 Å². The van der Waals surface area contributed by atoms with Crippen LogP contribution in [0.3, 0.4) is 0 Å². The highest BCUT2D eigenvalue weighted by atomic mass is 32.2. The zero-order valence-electron chi connectivity index (χ0n) is 7.86. The lowest BCUT2D eigenvalue weighted by atomic mass is 10.3. The molecule has 0 unspecified atom stereocenters. The maximum absolute atomic E-state index is 4.19. The molecular formula is C11H13NS2. The topological polar surface area (TPSA) is 15.8 Å². The Kier molecular flexibility index (Phi) is 3.43. The zero-order valence-corrected chi connectivity index (χ0v) is 9.57. The second-order valence-corrected chi connectivity index (χ2v) is 4.73. The van der Waals surface area contributed by atoms with Crippen molar-refractivity contribution in [2.75, 3.05) is 11.5 Å². The lowest BCUT2D eigenvalue weighted by Crippen LogP contribution is -1.80. The van der Waals surface area contributed by atoms with Gasteiger partial charge in [0.2, 0.25) is 0 Å². The zero-order chi connectivity index (χ0) is 9.80. The molecule has 0 spiro atoms. The molecule has 1 nitrogen and oxygen atoms in total. The molecular weight excluding hydrogens is 210 g/mol. The quantitative estimate of drug-likeness (QED) is 0.460. The second kappa shape index (κ2) is 4.80. The Morgan fingerprint density at radius 1 is 1.29 bits per heavy atom. The van der Waals surface area contributed by atoms with Crippen molar-refractivity contribution in [2.45, 2.75) is 11.4 Å². The molecule has 1 aromatic heterocycles. The molecule has 1 N–H and O–H groups in total. The summed E-state index contributed by atoms with van der Waals surface area (Å²) in [6.07, 6.45) is 1.16. The fourth-order valence-corrected chi connectivity index (χ4v) is 2.64. The first-order chi connectivity index (χ1) is 6.90. The molecule has 2 aromatic rings. The summed E-state index contributed by atoms with van der Waals surface area (Å²) in [5, 5.41) is 2.55. The van der Waals surface area contributed by atoms with E-state index in [0.29, 0.717) is 0 Å². The summed E-state index contributed by atoms with van der Waals surface area (Å²) in [5.41, 5.74) is 1.22. The highest BCUT2D eigenvalue weighted by molar-refractivity contribution is 7.99. The molecule has 0 saturated carbocycles. The number of H-pyrrole nitrogens is 1. The number of fused-ring (bicyclic) bond motifs is 1. The number of thiol groups is 1. The maximum atomic E-state index is 4.19. The number of rotatable bonds is 4. The van der Waals surface area contributed by atoms with E-state index in [-0.39, 0.29) is 0 Å². The van der Waals surface area contributed by atoms with Gasteiger partial charge in [-0.2, -0.15) is 12.6 Å². The monoisotopic (exact) mass is 223 g/mol. The van der Waals surface area contributed by atoms with Crippen LogP contribution in [0.25, 0.3) is 10.9 Å². The van der Waals surface area contributed by atoms with Gasteiger partial charge in [0.05, 0.1) is 5.03 Å². The molecule has 0 aliphatic heterocycles. The van der Waals surface area contributed by atoms with Gasteiger partial charge < -0.3 is 4.98 Å². The number of thioether (sulfide) groups is 1. The minimum atomic E-state index is 0.966. The molecule has 1 aromatic carbocycles. The van der Waals surface area contributed by atoms with Crippen LogP contribution in [0.2, 0.25) is 0 Å². The third kappa shape index (κ3) is 2.28. The molecule has 0 saturated heterocycles. The fraction of sp³-hybridized carbons (Fsp3) is 0.273. The first kappa shape index (κ1) is 9.99. The van der Waals surface area contributed by atoms with Crippen LogP contribution in [0.1, 0.15) is 6.42 Å². The van der Waals surface area contributed by atoms with Gasteiger partial charge in [-0.25, -0.2) is 0 Å². The first-order valence-corrected chi connectivity index (χ1v) is 6.33. The lowest BCUT2D eigenvalue weighted by molar-refractivity contribution is 1.12. The van der Waals surface area contributed by atoms with E-state index in [9.17, 15) is 0 Å². The predicted molar refractivity (Wildman–Crippen MR) is 67.5 cm³/mol. The molecule has 0 amide bonds. The Labute approximate surface area is 93.7 Å². The van der Waals surface area contributed by atoms with Crippen LogP contribution >= 0.6 is 24.4 Å². The lowest BCUT2D eigenvalue weighted by Gasteiger charge is -1.94. The number of para-hydroxylation sites is 1. The SMILES string of the molecule is SCCCSc1cc2ccccc2[nH]1. The van der Waals surface area contributed by atoms with Gasteiger partial charge in [-0.3, -0.25) is 0 Å². The fourth-order valence-electron chi connectivity index (χ4n) is 1.37. The van der Waals surface area contributed by atoms with E-state index < -0.39 is 0 Å². The van der Waals surface area contributed by atoms with Gasteiger partial charge >= 0.3 is 0 Å². The molecule has 0 fully saturated rings. The molecule has 0 radical (unpaired) electrons. The van der Waals surface area contributed by atoms with Crippen LogP contribution < -0.4 is 0 Å². The van der Waals surface area contributed by atoms with Crippen molar-refractivity contribution in [3.63, 3.8) is 0 Å². The van der Waals surface area contributed by atoms with Crippen molar-refractivity contribution in [1.29, 1.82) is 0 Å². The number of nitrogens with one attached hydrogen (secondary N) is 1. The Morgan fingerprint density at radius 3 is 2.93 bits per heavy atom. The van der Waals surface area contributed by atoms with Crippen LogP contribution in [-0.2, 0) is 0 Å². The Morgan fingerprint density at radius 2 is 2.14 bits per heavy atom. The molecule has 14 heavy (non-hydrogen) atoms. The molecule has 3 heteroatoms. The standard InChI is InChI=1S/C11H13NS2/c13-6-3-7-14-11-8-9-4-1-2-5-10(9)12-11/h1-2,4-5,8,12-13H,3,6-7H2. The molecule has 2 rings (SSSR count). The van der Waals surface area contributed by atoms with Crippen LogP contribution in [-0.4, -0.2) is 16.5 Å². The van der Waals surface area contributed by atoms with Gasteiger partial charge in [0.25, 0.3) is 0 Å². The van der Waals surface area contributed by atoms with Gasteiger partial charge in [-0.1, -0.05) is 18.2 Å². The smallest absolute Gasteiger partial charge is 0.0732 e. The summed E-state index contributed by atoms with van der Waals surface area (Å²) in [5.74, 6) is 2.10. The summed E-state index contributed by atoms with van der Waals surface area (Å²) in [7, 11) is 0. The number of hydrogen-bond acceptors (Lipinski definition) is 2. The molecule has 0 aliphatic rings. The van der Waals surface area contributed by atoms with Gasteiger partial charge in [-0.05, 0) is 24.3 Å². The third-order valence-electron chi connectivity index (χ3n) is 2.07. The van der Waals surface area contributed by atoms with E-state index in [1.807, 2.05) is 11.8 Å². The number of aromatic nitrogens is 1. The van der Waals surface area contributed by atoms with E-state index in [2.05, 4.69) is 47.9 Å². The van der Waals surface area contributed by atoms with Crippen molar-refractivity contribution < 1.29 is 0 Å². The minimum Gasteiger partial charge on any atom is -0.350 e. The van der Waals surface area contributed by atoms with E-state index in [0.717, 1.165) is 17.9 Å². The Hall–Kier alpha value is -0.540. The number of hydrogen-bond donors (Lipinski definition) is 2. The third-order valence-corrected chi connectivity index (χ3v) is 3.41. The normalized spacial score (nSPS) is 10.9. The van der Waals surface area contributed by atoms with Crippen molar-refractivity contribution >= 4 is 35.3 Å². The van der Waals surface area contributed by atoms with Crippen LogP contribution in [0, 0.1) is 0 Å². The molecule has 0 atom stereocenters. The van der Waals surface area contributed by atoms with Crippen molar-refractivity contribution in [2.24, 2.45) is 0 Å². The second-order valence-electron chi connectivity index (χ2n) is 3.15. The van der Waals surface area contributed by atoms with E-state index in [1.165, 1.54) is 15.9 Å². The summed E-state index contributed by atoms with van der Waals surface area (Å²) in [4.78, 5) is 3.39. The first-order valence-electron chi connectivity index (χ1n) is 4.71. The average Bonchev–Trinajstić information content (AvgIpc) is 2.60. The van der Waals surface area contributed by atoms with Gasteiger partial charge in [0, 0.05) is 16.7 Å². The summed E-state index contributed by atoms with van der Waals surface area (Å²) in [6, 6.07) is 10.6. The summed E-state index contributed by atoms with van der Waals surface area (Å²) >= 11 is 6.06. The van der Waals surface area contributed by atoms with Crippen LogP contribution in [0.15, 0.2) is 35.4 Å². The van der Waals surface area contributed by atoms with Gasteiger partial charge in [0.15, 0.2) is 0 Å². The Balaban J connectivity index is 2.11. The minimum absolute atomic E-state index is 0.966. The van der Waals surface area contributed by atoms with Crippen molar-refractivity contribution in [1.82, 2.24) is 4.98 Å². The van der Waals surface area contributed by atoms with Gasteiger partial charge in [0.1, 0.15) is 0 Å². The van der Waals surface area contributed by atoms with E-state index in [4.69, 9.17) is 0 Å². The average molecular weight is 223 g/mol. The van der Waals surface area contributed by atoms with E-state index in [1.54, 1.807) is 0 Å².